The van der Waals surface area contributed by atoms with Crippen molar-refractivity contribution < 1.29 is 9.59 Å². The van der Waals surface area contributed by atoms with Gasteiger partial charge in [-0.1, -0.05) is 23.8 Å². The molecule has 3 atom stereocenters. The highest BCUT2D eigenvalue weighted by molar-refractivity contribution is 6.05. The summed E-state index contributed by atoms with van der Waals surface area (Å²) >= 11 is 0. The maximum Gasteiger partial charge on any atom is 0.233 e. The van der Waals surface area contributed by atoms with E-state index >= 15 is 0 Å². The van der Waals surface area contributed by atoms with Gasteiger partial charge in [0.1, 0.15) is 0 Å². The Morgan fingerprint density at radius 2 is 1.84 bits per heavy atom. The van der Waals surface area contributed by atoms with Crippen molar-refractivity contribution in [2.75, 3.05) is 0 Å². The molecular formula is C20H21N3O2. The summed E-state index contributed by atoms with van der Waals surface area (Å²) in [5.74, 6) is -0.396. The van der Waals surface area contributed by atoms with Crippen LogP contribution in [0.5, 0.6) is 0 Å². The van der Waals surface area contributed by atoms with Gasteiger partial charge >= 0.3 is 0 Å². The summed E-state index contributed by atoms with van der Waals surface area (Å²) in [6.07, 6.45) is 8.84. The Morgan fingerprint density at radius 1 is 1.12 bits per heavy atom. The number of rotatable bonds is 3. The summed E-state index contributed by atoms with van der Waals surface area (Å²) < 4.78 is 1.92. The van der Waals surface area contributed by atoms with E-state index in [2.05, 4.69) is 11.1 Å². The summed E-state index contributed by atoms with van der Waals surface area (Å²) in [5, 5.41) is 0. The lowest BCUT2D eigenvalue weighted by Gasteiger charge is -2.24. The van der Waals surface area contributed by atoms with Gasteiger partial charge < -0.3 is 4.57 Å². The second-order valence-electron chi connectivity index (χ2n) is 6.99. The van der Waals surface area contributed by atoms with Crippen molar-refractivity contribution in [2.45, 2.75) is 32.7 Å². The number of fused-ring (bicyclic) bond motifs is 1. The standard InChI is InChI=1S/C20H21N3O2/c1-13-3-8-17-18(11-13)20(25)23(19(17)24)14(2)15-4-6-16(7-5-15)22-10-9-21-12-22/h3-7,9-10,12,14,17-18H,8,11H2,1-2H3/t14-,17+,18+/m0/s1. The van der Waals surface area contributed by atoms with E-state index in [0.29, 0.717) is 12.8 Å². The Morgan fingerprint density at radius 3 is 2.52 bits per heavy atom. The number of carbonyl (C=O) groups excluding carboxylic acids is 2. The van der Waals surface area contributed by atoms with Crippen molar-refractivity contribution in [3.05, 3.63) is 60.2 Å². The van der Waals surface area contributed by atoms with E-state index in [1.165, 1.54) is 10.5 Å². The minimum absolute atomic E-state index is 0.0198. The first-order valence-corrected chi connectivity index (χ1v) is 8.67. The first-order valence-electron chi connectivity index (χ1n) is 8.67. The summed E-state index contributed by atoms with van der Waals surface area (Å²) in [5.41, 5.74) is 3.18. The first kappa shape index (κ1) is 15.8. The second-order valence-corrected chi connectivity index (χ2v) is 6.99. The van der Waals surface area contributed by atoms with Gasteiger partial charge in [0, 0.05) is 18.1 Å². The largest absolute Gasteiger partial charge is 0.306 e. The molecule has 1 fully saturated rings. The first-order chi connectivity index (χ1) is 12.1. The summed E-state index contributed by atoms with van der Waals surface area (Å²) in [4.78, 5) is 31.1. The number of carbonyl (C=O) groups is 2. The molecule has 2 heterocycles. The van der Waals surface area contributed by atoms with Gasteiger partial charge in [-0.2, -0.15) is 0 Å². The molecule has 1 aliphatic carbocycles. The van der Waals surface area contributed by atoms with Crippen LogP contribution in [0.4, 0.5) is 0 Å². The zero-order valence-corrected chi connectivity index (χ0v) is 14.4. The highest BCUT2D eigenvalue weighted by atomic mass is 16.2. The van der Waals surface area contributed by atoms with Crippen LogP contribution in [0.3, 0.4) is 0 Å². The second kappa shape index (κ2) is 5.99. The molecule has 0 bridgehead atoms. The van der Waals surface area contributed by atoms with E-state index in [4.69, 9.17) is 0 Å². The Labute approximate surface area is 147 Å². The molecule has 25 heavy (non-hydrogen) atoms. The molecule has 0 saturated carbocycles. The van der Waals surface area contributed by atoms with Crippen molar-refractivity contribution in [1.29, 1.82) is 0 Å². The molecule has 2 aromatic rings. The van der Waals surface area contributed by atoms with Gasteiger partial charge in [-0.15, -0.1) is 0 Å². The Balaban J connectivity index is 1.58. The molecule has 5 nitrogen and oxygen atoms in total. The Hall–Kier alpha value is -2.69. The zero-order chi connectivity index (χ0) is 17.6. The van der Waals surface area contributed by atoms with E-state index < -0.39 is 0 Å². The fourth-order valence-electron chi connectivity index (χ4n) is 3.93. The highest BCUT2D eigenvalue weighted by Crippen LogP contribution is 2.41. The molecule has 2 aliphatic rings. The fourth-order valence-corrected chi connectivity index (χ4v) is 3.93. The Kier molecular flexibility index (Phi) is 3.79. The van der Waals surface area contributed by atoms with Gasteiger partial charge in [-0.3, -0.25) is 14.5 Å². The minimum atomic E-state index is -0.247. The molecular weight excluding hydrogens is 314 g/mol. The average molecular weight is 335 g/mol. The number of imide groups is 1. The molecule has 1 saturated heterocycles. The van der Waals surface area contributed by atoms with Crippen LogP contribution in [0.1, 0.15) is 38.3 Å². The molecule has 0 spiro atoms. The van der Waals surface area contributed by atoms with Crippen molar-refractivity contribution in [3.63, 3.8) is 0 Å². The van der Waals surface area contributed by atoms with Gasteiger partial charge in [-0.05, 0) is 44.4 Å². The number of nitrogens with zero attached hydrogens (tertiary/aromatic N) is 3. The maximum absolute atomic E-state index is 12.8. The minimum Gasteiger partial charge on any atom is -0.306 e. The van der Waals surface area contributed by atoms with Crippen LogP contribution in [-0.2, 0) is 9.59 Å². The highest BCUT2D eigenvalue weighted by Gasteiger charge is 2.49. The van der Waals surface area contributed by atoms with Crippen LogP contribution in [0.15, 0.2) is 54.6 Å². The van der Waals surface area contributed by atoms with Gasteiger partial charge in [0.2, 0.25) is 11.8 Å². The zero-order valence-electron chi connectivity index (χ0n) is 14.4. The van der Waals surface area contributed by atoms with Crippen LogP contribution < -0.4 is 0 Å². The normalized spacial score (nSPS) is 24.2. The number of hydrogen-bond acceptors (Lipinski definition) is 3. The predicted octanol–water partition coefficient (Wildman–Crippen LogP) is 3.27. The fraction of sp³-hybridized carbons (Fsp3) is 0.350. The van der Waals surface area contributed by atoms with E-state index in [1.54, 1.807) is 12.5 Å². The summed E-state index contributed by atoms with van der Waals surface area (Å²) in [6.45, 7) is 3.97. The molecule has 0 N–H and O–H groups in total. The van der Waals surface area contributed by atoms with Crippen LogP contribution >= 0.6 is 0 Å². The number of hydrogen-bond donors (Lipinski definition) is 0. The number of allylic oxidation sites excluding steroid dienone is 2. The lowest BCUT2D eigenvalue weighted by Crippen LogP contribution is -2.33. The number of imidazole rings is 1. The topological polar surface area (TPSA) is 55.2 Å². The number of amides is 2. The SMILES string of the molecule is CC1=CC[C@H]2C(=O)N([C@@H](C)c3ccc(-n4ccnc4)cc3)C(=O)[C@@H]2C1. The molecule has 5 heteroatoms. The molecule has 4 rings (SSSR count). The van der Waals surface area contributed by atoms with Crippen molar-refractivity contribution in [2.24, 2.45) is 11.8 Å². The van der Waals surface area contributed by atoms with Crippen LogP contribution in [0.2, 0.25) is 0 Å². The van der Waals surface area contributed by atoms with Crippen LogP contribution in [0.25, 0.3) is 5.69 Å². The lowest BCUT2D eigenvalue weighted by molar-refractivity contribution is -0.142. The van der Waals surface area contributed by atoms with Crippen molar-refractivity contribution in [3.8, 4) is 5.69 Å². The number of likely N-dealkylation sites (tertiary alicyclic amines) is 1. The lowest BCUT2D eigenvalue weighted by atomic mass is 9.82. The molecule has 0 unspecified atom stereocenters. The van der Waals surface area contributed by atoms with E-state index in [-0.39, 0.29) is 29.7 Å². The van der Waals surface area contributed by atoms with E-state index in [0.717, 1.165) is 11.3 Å². The number of benzene rings is 1. The van der Waals surface area contributed by atoms with E-state index in [9.17, 15) is 9.59 Å². The van der Waals surface area contributed by atoms with Crippen LogP contribution in [-0.4, -0.2) is 26.3 Å². The van der Waals surface area contributed by atoms with Gasteiger partial charge in [0.15, 0.2) is 0 Å². The molecule has 0 radical (unpaired) electrons. The molecule has 2 amide bonds. The van der Waals surface area contributed by atoms with E-state index in [1.807, 2.05) is 48.9 Å². The van der Waals surface area contributed by atoms with Gasteiger partial charge in [0.05, 0.1) is 24.2 Å². The maximum atomic E-state index is 12.8. The van der Waals surface area contributed by atoms with Gasteiger partial charge in [-0.25, -0.2) is 4.98 Å². The van der Waals surface area contributed by atoms with Gasteiger partial charge in [0.25, 0.3) is 0 Å². The third-order valence-electron chi connectivity index (χ3n) is 5.42. The van der Waals surface area contributed by atoms with Crippen molar-refractivity contribution in [1.82, 2.24) is 14.5 Å². The molecule has 1 aromatic heterocycles. The molecule has 1 aromatic carbocycles. The third-order valence-corrected chi connectivity index (χ3v) is 5.42. The molecule has 1 aliphatic heterocycles. The predicted molar refractivity (Wildman–Crippen MR) is 93.8 cm³/mol. The average Bonchev–Trinajstić information content (AvgIpc) is 3.23. The van der Waals surface area contributed by atoms with Crippen LogP contribution in [0, 0.1) is 11.8 Å². The third kappa shape index (κ3) is 2.60. The Bertz CT molecular complexity index is 836. The van der Waals surface area contributed by atoms with Crippen molar-refractivity contribution >= 4 is 11.8 Å². The summed E-state index contributed by atoms with van der Waals surface area (Å²) in [7, 11) is 0. The smallest absolute Gasteiger partial charge is 0.233 e. The number of aromatic nitrogens is 2. The monoisotopic (exact) mass is 335 g/mol. The summed E-state index contributed by atoms with van der Waals surface area (Å²) in [6, 6.07) is 7.68. The quantitative estimate of drug-likeness (QED) is 0.639. The molecule has 128 valence electrons.